The molecule has 1 atom stereocenters. The lowest BCUT2D eigenvalue weighted by Crippen LogP contribution is -2.27. The second-order valence-electron chi connectivity index (χ2n) is 6.69. The number of hydrogen-bond donors (Lipinski definition) is 1. The minimum Gasteiger partial charge on any atom is -0.378 e. The molecule has 6 nitrogen and oxygen atoms in total. The Kier molecular flexibility index (Phi) is 3.97. The number of hydrogen-bond acceptors (Lipinski definition) is 6. The Morgan fingerprint density at radius 2 is 1.88 bits per heavy atom. The Morgan fingerprint density at radius 1 is 1.12 bits per heavy atom. The van der Waals surface area contributed by atoms with Crippen LogP contribution in [0.5, 0.6) is 0 Å². The molecule has 1 aromatic carbocycles. The van der Waals surface area contributed by atoms with Gasteiger partial charge in [0.15, 0.2) is 5.82 Å². The van der Waals surface area contributed by atoms with Crippen molar-refractivity contribution in [3.8, 4) is 11.3 Å². The van der Waals surface area contributed by atoms with Gasteiger partial charge in [-0.1, -0.05) is 12.1 Å². The molecule has 3 aromatic rings. The summed E-state index contributed by atoms with van der Waals surface area (Å²) in [5.74, 6) is 0.880. The van der Waals surface area contributed by atoms with Crippen LogP contribution in [0.2, 0.25) is 0 Å². The largest absolute Gasteiger partial charge is 0.378 e. The molecule has 1 saturated heterocycles. The Hall–Kier alpha value is -2.73. The molecule has 1 unspecified atom stereocenters. The van der Waals surface area contributed by atoms with Crippen LogP contribution >= 0.6 is 0 Å². The summed E-state index contributed by atoms with van der Waals surface area (Å²) in [5, 5.41) is 0. The number of rotatable bonds is 3. The first-order valence-corrected chi connectivity index (χ1v) is 8.52. The van der Waals surface area contributed by atoms with Crippen LogP contribution in [0.4, 0.5) is 11.5 Å². The number of anilines is 2. The third kappa shape index (κ3) is 3.00. The average molecular weight is 334 g/mol. The predicted molar refractivity (Wildman–Crippen MR) is 102 cm³/mol. The van der Waals surface area contributed by atoms with Crippen molar-refractivity contribution in [2.45, 2.75) is 12.5 Å². The second kappa shape index (κ2) is 6.29. The number of nitrogens with zero attached hydrogens (tertiary/aromatic N) is 5. The highest BCUT2D eigenvalue weighted by Gasteiger charge is 2.23. The zero-order valence-electron chi connectivity index (χ0n) is 14.6. The van der Waals surface area contributed by atoms with Crippen LogP contribution < -0.4 is 15.5 Å². The van der Waals surface area contributed by atoms with Crippen molar-refractivity contribution in [2.24, 2.45) is 5.73 Å². The van der Waals surface area contributed by atoms with Crippen LogP contribution in [0, 0.1) is 0 Å². The Bertz CT molecular complexity index is 890. The van der Waals surface area contributed by atoms with Crippen molar-refractivity contribution in [2.75, 3.05) is 37.0 Å². The lowest BCUT2D eigenvalue weighted by atomic mass is 10.1. The molecule has 1 fully saturated rings. The normalized spacial score (nSPS) is 17.2. The van der Waals surface area contributed by atoms with E-state index in [9.17, 15) is 0 Å². The van der Waals surface area contributed by atoms with Gasteiger partial charge in [0.25, 0.3) is 0 Å². The fourth-order valence-electron chi connectivity index (χ4n) is 3.23. The number of pyridine rings is 1. The zero-order valence-corrected chi connectivity index (χ0v) is 14.6. The molecule has 25 heavy (non-hydrogen) atoms. The molecule has 2 N–H and O–H groups in total. The van der Waals surface area contributed by atoms with E-state index in [2.05, 4.69) is 44.0 Å². The topological polar surface area (TPSA) is 71.2 Å². The number of nitrogens with two attached hydrogens (primary N) is 1. The van der Waals surface area contributed by atoms with Gasteiger partial charge in [-0.2, -0.15) is 0 Å². The van der Waals surface area contributed by atoms with Gasteiger partial charge >= 0.3 is 0 Å². The smallest absolute Gasteiger partial charge is 0.157 e. The van der Waals surface area contributed by atoms with Gasteiger partial charge in [-0.25, -0.2) is 9.97 Å². The summed E-state index contributed by atoms with van der Waals surface area (Å²) in [5.41, 5.74) is 10.9. The summed E-state index contributed by atoms with van der Waals surface area (Å²) in [6.07, 6.45) is 4.42. The average Bonchev–Trinajstić information content (AvgIpc) is 3.07. The van der Waals surface area contributed by atoms with Gasteiger partial charge in [-0.3, -0.25) is 4.98 Å². The highest BCUT2D eigenvalue weighted by Crippen LogP contribution is 2.30. The molecule has 6 heteroatoms. The van der Waals surface area contributed by atoms with Crippen LogP contribution in [0.25, 0.3) is 22.3 Å². The third-order valence-corrected chi connectivity index (χ3v) is 4.64. The quantitative estimate of drug-likeness (QED) is 0.792. The van der Waals surface area contributed by atoms with E-state index in [-0.39, 0.29) is 6.04 Å². The van der Waals surface area contributed by atoms with Gasteiger partial charge in [0.1, 0.15) is 5.52 Å². The van der Waals surface area contributed by atoms with Crippen LogP contribution in [-0.4, -0.2) is 48.2 Å². The van der Waals surface area contributed by atoms with E-state index in [1.165, 1.54) is 0 Å². The molecule has 0 radical (unpaired) electrons. The number of aromatic nitrogens is 3. The van der Waals surface area contributed by atoms with Crippen molar-refractivity contribution in [1.82, 2.24) is 15.0 Å². The molecule has 0 bridgehead atoms. The van der Waals surface area contributed by atoms with Gasteiger partial charge in [-0.15, -0.1) is 0 Å². The number of fused-ring (bicyclic) bond motifs is 1. The van der Waals surface area contributed by atoms with E-state index in [1.807, 2.05) is 20.2 Å². The molecule has 4 rings (SSSR count). The van der Waals surface area contributed by atoms with E-state index in [1.54, 1.807) is 12.4 Å². The summed E-state index contributed by atoms with van der Waals surface area (Å²) >= 11 is 0. The van der Waals surface area contributed by atoms with E-state index in [0.29, 0.717) is 0 Å². The molecule has 3 heterocycles. The third-order valence-electron chi connectivity index (χ3n) is 4.64. The monoisotopic (exact) mass is 334 g/mol. The Labute approximate surface area is 147 Å². The standard InChI is InChI=1S/C19H22N6/c1-24(2)15-5-3-13(4-6-15)16-11-17-18(22-9-8-21-17)19(23-16)25-10-7-14(20)12-25/h3-6,8-9,11,14H,7,10,12,20H2,1-2H3. The summed E-state index contributed by atoms with van der Waals surface area (Å²) in [6, 6.07) is 10.6. The molecule has 0 aliphatic carbocycles. The molecule has 1 aliphatic heterocycles. The molecule has 0 saturated carbocycles. The maximum Gasteiger partial charge on any atom is 0.157 e. The molecular weight excluding hydrogens is 312 g/mol. The van der Waals surface area contributed by atoms with Gasteiger partial charge in [0.05, 0.1) is 11.2 Å². The van der Waals surface area contributed by atoms with E-state index in [0.717, 1.165) is 53.3 Å². The lowest BCUT2D eigenvalue weighted by Gasteiger charge is -2.19. The fourth-order valence-corrected chi connectivity index (χ4v) is 3.23. The lowest BCUT2D eigenvalue weighted by molar-refractivity contribution is 0.751. The maximum atomic E-state index is 6.09. The van der Waals surface area contributed by atoms with Gasteiger partial charge in [-0.05, 0) is 24.6 Å². The summed E-state index contributed by atoms with van der Waals surface area (Å²) in [4.78, 5) is 18.2. The van der Waals surface area contributed by atoms with E-state index < -0.39 is 0 Å². The van der Waals surface area contributed by atoms with Crippen molar-refractivity contribution in [3.63, 3.8) is 0 Å². The molecule has 0 amide bonds. The second-order valence-corrected chi connectivity index (χ2v) is 6.69. The summed E-state index contributed by atoms with van der Waals surface area (Å²) in [7, 11) is 4.07. The molecule has 2 aromatic heterocycles. The van der Waals surface area contributed by atoms with Crippen molar-refractivity contribution < 1.29 is 0 Å². The van der Waals surface area contributed by atoms with Crippen LogP contribution in [0.3, 0.4) is 0 Å². The summed E-state index contributed by atoms with van der Waals surface area (Å²) in [6.45, 7) is 1.71. The van der Waals surface area contributed by atoms with Crippen LogP contribution in [-0.2, 0) is 0 Å². The Morgan fingerprint density at radius 3 is 2.56 bits per heavy atom. The summed E-state index contributed by atoms with van der Waals surface area (Å²) < 4.78 is 0. The van der Waals surface area contributed by atoms with Crippen molar-refractivity contribution in [3.05, 3.63) is 42.7 Å². The van der Waals surface area contributed by atoms with Crippen LogP contribution in [0.15, 0.2) is 42.7 Å². The van der Waals surface area contributed by atoms with Crippen molar-refractivity contribution >= 4 is 22.5 Å². The van der Waals surface area contributed by atoms with Crippen LogP contribution in [0.1, 0.15) is 6.42 Å². The SMILES string of the molecule is CN(C)c1ccc(-c2cc3nccnc3c(N3CCC(N)C3)n2)cc1. The first-order valence-electron chi connectivity index (χ1n) is 8.52. The van der Waals surface area contributed by atoms with E-state index in [4.69, 9.17) is 10.7 Å². The van der Waals surface area contributed by atoms with Gasteiger partial charge in [0.2, 0.25) is 0 Å². The molecule has 0 spiro atoms. The number of benzene rings is 1. The highest BCUT2D eigenvalue weighted by molar-refractivity contribution is 5.89. The Balaban J connectivity index is 1.82. The molecule has 128 valence electrons. The van der Waals surface area contributed by atoms with Gasteiger partial charge < -0.3 is 15.5 Å². The van der Waals surface area contributed by atoms with Crippen molar-refractivity contribution in [1.29, 1.82) is 0 Å². The predicted octanol–water partition coefficient (Wildman–Crippen LogP) is 2.30. The van der Waals surface area contributed by atoms with Gasteiger partial charge in [0, 0.05) is 56.9 Å². The van der Waals surface area contributed by atoms with E-state index >= 15 is 0 Å². The maximum absolute atomic E-state index is 6.09. The molecule has 1 aliphatic rings. The highest BCUT2D eigenvalue weighted by atomic mass is 15.2. The molecular formula is C19H22N6. The minimum absolute atomic E-state index is 0.191. The first-order chi connectivity index (χ1) is 12.1. The fraction of sp³-hybridized carbons (Fsp3) is 0.316. The zero-order chi connectivity index (χ0) is 17.4. The minimum atomic E-state index is 0.191. The first kappa shape index (κ1) is 15.8.